The number of carbonyl (C=O) groups excluding carboxylic acids is 1. The number of allylic oxidation sites excluding steroid dienone is 1. The summed E-state index contributed by atoms with van der Waals surface area (Å²) < 4.78 is 66.4. The number of nitrogens with one attached hydrogen (secondary N) is 1. The third-order valence-corrected chi connectivity index (χ3v) is 12.4. The zero-order valence-corrected chi connectivity index (χ0v) is 27.5. The highest BCUT2D eigenvalue weighted by Gasteiger charge is 2.69. The number of amides is 1. The topological polar surface area (TPSA) is 123 Å². The van der Waals surface area contributed by atoms with Crippen LogP contribution in [0.1, 0.15) is 85.5 Å². The summed E-state index contributed by atoms with van der Waals surface area (Å²) >= 11 is 0. The van der Waals surface area contributed by atoms with Gasteiger partial charge in [-0.05, 0) is 69.6 Å². The SMILES string of the molecule is CC1CCC(C(C)C(O)OCCCNC(=O)C2=C(C(F)(F)F)OC3OC4CCC5C(C)CCC2C35OO4)C23COC(C)(CCC12)OO3. The Balaban J connectivity index is 0.986. The van der Waals surface area contributed by atoms with Crippen LogP contribution in [0.4, 0.5) is 13.2 Å². The molecular weight excluding hydrogens is 627 g/mol. The number of hydrogen-bond acceptors (Lipinski definition) is 10. The molecule has 13 unspecified atom stereocenters. The van der Waals surface area contributed by atoms with Crippen molar-refractivity contribution in [1.29, 1.82) is 0 Å². The molecule has 9 aliphatic rings. The van der Waals surface area contributed by atoms with E-state index in [-0.39, 0.29) is 49.2 Å². The minimum atomic E-state index is -4.91. The molecular formula is C33H48F3NO10. The van der Waals surface area contributed by atoms with Gasteiger partial charge in [0.15, 0.2) is 24.0 Å². The zero-order valence-electron chi connectivity index (χ0n) is 27.5. The normalized spacial score (nSPS) is 45.6. The second-order valence-electron chi connectivity index (χ2n) is 15.2. The average molecular weight is 676 g/mol. The Morgan fingerprint density at radius 2 is 1.81 bits per heavy atom. The molecule has 7 heterocycles. The molecule has 0 aromatic rings. The van der Waals surface area contributed by atoms with Crippen molar-refractivity contribution >= 4 is 5.91 Å². The van der Waals surface area contributed by atoms with E-state index >= 15 is 0 Å². The van der Waals surface area contributed by atoms with Crippen LogP contribution in [0.15, 0.2) is 11.3 Å². The molecule has 11 nitrogen and oxygen atoms in total. The number of alkyl halides is 3. The molecule has 266 valence electrons. The summed E-state index contributed by atoms with van der Waals surface area (Å²) in [5.41, 5.74) is -2.51. The molecule has 0 radical (unpaired) electrons. The number of aliphatic hydroxyl groups excluding tert-OH is 1. The fourth-order valence-corrected chi connectivity index (χ4v) is 9.86. The van der Waals surface area contributed by atoms with Crippen molar-refractivity contribution in [2.45, 2.75) is 128 Å². The van der Waals surface area contributed by atoms with E-state index in [1.807, 2.05) is 20.8 Å². The van der Waals surface area contributed by atoms with Crippen LogP contribution < -0.4 is 5.32 Å². The van der Waals surface area contributed by atoms with Crippen LogP contribution in [0, 0.1) is 41.4 Å². The van der Waals surface area contributed by atoms with Gasteiger partial charge >= 0.3 is 6.18 Å². The first-order valence-corrected chi connectivity index (χ1v) is 17.4. The van der Waals surface area contributed by atoms with Gasteiger partial charge in [-0.2, -0.15) is 13.2 Å². The summed E-state index contributed by atoms with van der Waals surface area (Å²) in [6.45, 7) is 8.58. The van der Waals surface area contributed by atoms with Gasteiger partial charge < -0.3 is 29.4 Å². The largest absolute Gasteiger partial charge is 0.456 e. The van der Waals surface area contributed by atoms with Gasteiger partial charge in [-0.1, -0.05) is 20.8 Å². The number of ether oxygens (including phenoxy) is 4. The molecule has 7 aliphatic heterocycles. The van der Waals surface area contributed by atoms with Gasteiger partial charge in [0.05, 0.1) is 18.8 Å². The average Bonchev–Trinajstić information content (AvgIpc) is 3.46. The summed E-state index contributed by atoms with van der Waals surface area (Å²) in [4.78, 5) is 36.8. The molecule has 2 N–H and O–H groups in total. The molecule has 2 saturated carbocycles. The van der Waals surface area contributed by atoms with E-state index in [0.29, 0.717) is 38.2 Å². The number of fused-ring (bicyclic) bond motifs is 5. The quantitative estimate of drug-likeness (QED) is 0.206. The van der Waals surface area contributed by atoms with Crippen molar-refractivity contribution in [3.63, 3.8) is 0 Å². The van der Waals surface area contributed by atoms with Crippen LogP contribution in [-0.2, 0) is 43.3 Å². The van der Waals surface area contributed by atoms with Crippen molar-refractivity contribution < 1.29 is 61.6 Å². The Hall–Kier alpha value is -1.52. The number of carbonyl (C=O) groups is 1. The number of halogens is 3. The predicted molar refractivity (Wildman–Crippen MR) is 155 cm³/mol. The van der Waals surface area contributed by atoms with E-state index in [1.165, 1.54) is 0 Å². The highest BCUT2D eigenvalue weighted by Crippen LogP contribution is 2.60. The van der Waals surface area contributed by atoms with E-state index in [4.69, 9.17) is 38.5 Å². The molecule has 2 spiro atoms. The van der Waals surface area contributed by atoms with E-state index < -0.39 is 65.2 Å². The second-order valence-corrected chi connectivity index (χ2v) is 15.2. The lowest BCUT2D eigenvalue weighted by molar-refractivity contribution is -0.527. The lowest BCUT2D eigenvalue weighted by Crippen LogP contribution is -2.67. The fraction of sp³-hybridized carbons (Fsp3) is 0.909. The van der Waals surface area contributed by atoms with Crippen molar-refractivity contribution in [3.05, 3.63) is 11.3 Å². The Kier molecular flexibility index (Phi) is 8.93. The third-order valence-electron chi connectivity index (χ3n) is 12.4. The first kappa shape index (κ1) is 34.0. The number of hydrogen-bond donors (Lipinski definition) is 2. The summed E-state index contributed by atoms with van der Waals surface area (Å²) in [6, 6.07) is 0. The highest BCUT2D eigenvalue weighted by atomic mass is 19.4. The highest BCUT2D eigenvalue weighted by molar-refractivity contribution is 5.95. The standard InChI is InChI=1S/C33H48F3NO10/c1-17-6-8-22(31-16-41-30(4,45-46-31)13-12-20(17)31)19(3)28(39)40-15-5-14-37-27(38)25-23-9-7-18(2)21-10-11-24-42-29(32(21,23)47-44-24)43-26(25)33(34,35)36/h17-24,28-29,39H,5-16H2,1-4H3,(H,37,38). The lowest BCUT2D eigenvalue weighted by atomic mass is 9.59. The van der Waals surface area contributed by atoms with E-state index in [9.17, 15) is 23.1 Å². The third kappa shape index (κ3) is 5.62. The van der Waals surface area contributed by atoms with Crippen molar-refractivity contribution in [2.24, 2.45) is 41.4 Å². The molecule has 8 fully saturated rings. The molecule has 13 atom stereocenters. The monoisotopic (exact) mass is 675 g/mol. The smallest absolute Gasteiger partial charge is 0.449 e. The maximum atomic E-state index is 14.4. The molecule has 0 aromatic heterocycles. The summed E-state index contributed by atoms with van der Waals surface area (Å²) in [6.07, 6.45) is -2.43. The van der Waals surface area contributed by atoms with Crippen LogP contribution in [-0.4, -0.2) is 72.8 Å². The predicted octanol–water partition coefficient (Wildman–Crippen LogP) is 5.03. The van der Waals surface area contributed by atoms with Crippen molar-refractivity contribution in [2.75, 3.05) is 19.8 Å². The molecule has 9 rings (SSSR count). The lowest BCUT2D eigenvalue weighted by Gasteiger charge is -2.56. The molecule has 14 heteroatoms. The summed E-state index contributed by atoms with van der Waals surface area (Å²) in [7, 11) is 0. The van der Waals surface area contributed by atoms with Gasteiger partial charge in [-0.15, -0.1) is 0 Å². The molecule has 47 heavy (non-hydrogen) atoms. The Bertz CT molecular complexity index is 1220. The fourth-order valence-electron chi connectivity index (χ4n) is 9.86. The first-order valence-electron chi connectivity index (χ1n) is 17.4. The zero-order chi connectivity index (χ0) is 33.4. The van der Waals surface area contributed by atoms with Gasteiger partial charge in [0.1, 0.15) is 5.60 Å². The Morgan fingerprint density at radius 1 is 1.04 bits per heavy atom. The van der Waals surface area contributed by atoms with Gasteiger partial charge in [-0.25, -0.2) is 19.6 Å². The molecule has 4 bridgehead atoms. The number of aliphatic hydroxyl groups is 1. The maximum Gasteiger partial charge on any atom is 0.449 e. The number of rotatable bonds is 8. The van der Waals surface area contributed by atoms with Gasteiger partial charge in [0.25, 0.3) is 5.91 Å². The molecule has 6 saturated heterocycles. The van der Waals surface area contributed by atoms with Gasteiger partial charge in [-0.3, -0.25) is 4.79 Å². The summed E-state index contributed by atoms with van der Waals surface area (Å²) in [5.74, 6) is -3.69. The van der Waals surface area contributed by atoms with Gasteiger partial charge in [0.2, 0.25) is 12.0 Å². The summed E-state index contributed by atoms with van der Waals surface area (Å²) in [5, 5.41) is 13.7. The molecule has 2 aliphatic carbocycles. The minimum absolute atomic E-state index is 0.0316. The Labute approximate surface area is 272 Å². The molecule has 0 aromatic carbocycles. The van der Waals surface area contributed by atoms with E-state index in [1.54, 1.807) is 0 Å². The van der Waals surface area contributed by atoms with Gasteiger partial charge in [0, 0.05) is 43.1 Å². The van der Waals surface area contributed by atoms with E-state index in [2.05, 4.69) is 12.2 Å². The molecule has 1 amide bonds. The van der Waals surface area contributed by atoms with Crippen LogP contribution >= 0.6 is 0 Å². The van der Waals surface area contributed by atoms with E-state index in [0.717, 1.165) is 25.7 Å². The van der Waals surface area contributed by atoms with Crippen LogP contribution in [0.2, 0.25) is 0 Å². The second kappa shape index (κ2) is 12.4. The Morgan fingerprint density at radius 3 is 2.55 bits per heavy atom. The first-order chi connectivity index (χ1) is 22.3. The van der Waals surface area contributed by atoms with Crippen LogP contribution in [0.3, 0.4) is 0 Å². The maximum absolute atomic E-state index is 14.4. The van der Waals surface area contributed by atoms with Crippen LogP contribution in [0.25, 0.3) is 0 Å². The van der Waals surface area contributed by atoms with Crippen LogP contribution in [0.5, 0.6) is 0 Å². The van der Waals surface area contributed by atoms with Crippen molar-refractivity contribution in [3.8, 4) is 0 Å². The minimum Gasteiger partial charge on any atom is -0.456 e. The van der Waals surface area contributed by atoms with Crippen molar-refractivity contribution in [1.82, 2.24) is 5.32 Å².